The number of nitrogens with zero attached hydrogens (tertiary/aromatic N) is 1. The Kier molecular flexibility index (Phi) is 5.75. The molecule has 0 spiro atoms. The maximum Gasteiger partial charge on any atom is 0.0672 e. The minimum absolute atomic E-state index is 0.647. The van der Waals surface area contributed by atoms with Crippen LogP contribution in [0, 0.1) is 6.92 Å². The number of pyridine rings is 1. The summed E-state index contributed by atoms with van der Waals surface area (Å²) in [6.45, 7) is 10.8. The number of aromatic nitrogens is 1. The first kappa shape index (κ1) is 12.9. The molecule has 1 N–H and O–H groups in total. The molecule has 0 saturated heterocycles. The number of aryl methyl sites for hydroxylation is 1. The van der Waals surface area contributed by atoms with Gasteiger partial charge in [0.1, 0.15) is 0 Å². The zero-order valence-corrected chi connectivity index (χ0v) is 10.1. The molecular formula is C13H20N2O. The van der Waals surface area contributed by atoms with Crippen LogP contribution in [0.3, 0.4) is 0 Å². The molecule has 0 aliphatic rings. The molecule has 1 aromatic heterocycles. The van der Waals surface area contributed by atoms with Gasteiger partial charge in [-0.3, -0.25) is 4.98 Å². The summed E-state index contributed by atoms with van der Waals surface area (Å²) in [4.78, 5) is 4.14. The van der Waals surface area contributed by atoms with Gasteiger partial charge in [0.2, 0.25) is 0 Å². The third-order valence-electron chi connectivity index (χ3n) is 2.03. The van der Waals surface area contributed by atoms with Gasteiger partial charge in [0, 0.05) is 25.5 Å². The highest BCUT2D eigenvalue weighted by atomic mass is 16.5. The summed E-state index contributed by atoms with van der Waals surface area (Å²) in [5, 5.41) is 3.31. The van der Waals surface area contributed by atoms with Crippen molar-refractivity contribution in [3.8, 4) is 0 Å². The molecule has 0 aliphatic heterocycles. The number of hydrogen-bond donors (Lipinski definition) is 1. The van der Waals surface area contributed by atoms with E-state index in [1.807, 2.05) is 26.2 Å². The minimum atomic E-state index is 0.647. The van der Waals surface area contributed by atoms with Crippen LogP contribution in [0.4, 0.5) is 0 Å². The van der Waals surface area contributed by atoms with Crippen LogP contribution < -0.4 is 5.32 Å². The normalized spacial score (nSPS) is 10.4. The Morgan fingerprint density at radius 2 is 2.31 bits per heavy atom. The molecule has 0 bridgehead atoms. The second-order valence-corrected chi connectivity index (χ2v) is 4.06. The monoisotopic (exact) mass is 220 g/mol. The maximum absolute atomic E-state index is 5.38. The highest BCUT2D eigenvalue weighted by molar-refractivity contribution is 5.16. The lowest BCUT2D eigenvalue weighted by Crippen LogP contribution is -2.19. The number of nitrogens with one attached hydrogen (secondary N) is 1. The van der Waals surface area contributed by atoms with Crippen LogP contribution in [0.15, 0.2) is 30.6 Å². The fraction of sp³-hybridized carbons (Fsp3) is 0.462. The van der Waals surface area contributed by atoms with Crippen molar-refractivity contribution in [2.75, 3.05) is 19.8 Å². The van der Waals surface area contributed by atoms with Crippen LogP contribution in [0.25, 0.3) is 0 Å². The number of hydrogen-bond acceptors (Lipinski definition) is 3. The first-order chi connectivity index (χ1) is 7.68. The van der Waals surface area contributed by atoms with Gasteiger partial charge in [-0.05, 0) is 25.0 Å². The van der Waals surface area contributed by atoms with Crippen molar-refractivity contribution in [1.29, 1.82) is 0 Å². The topological polar surface area (TPSA) is 34.1 Å². The second kappa shape index (κ2) is 7.14. The molecule has 3 nitrogen and oxygen atoms in total. The van der Waals surface area contributed by atoms with Crippen molar-refractivity contribution in [3.63, 3.8) is 0 Å². The van der Waals surface area contributed by atoms with Crippen molar-refractivity contribution in [1.82, 2.24) is 10.3 Å². The van der Waals surface area contributed by atoms with E-state index in [1.54, 1.807) is 0 Å². The molecule has 1 heterocycles. The van der Waals surface area contributed by atoms with E-state index in [-0.39, 0.29) is 0 Å². The third kappa shape index (κ3) is 5.63. The van der Waals surface area contributed by atoms with Gasteiger partial charge in [-0.2, -0.15) is 0 Å². The molecule has 1 rings (SSSR count). The summed E-state index contributed by atoms with van der Waals surface area (Å²) in [5.74, 6) is 0. The smallest absolute Gasteiger partial charge is 0.0672 e. The molecule has 0 unspecified atom stereocenters. The van der Waals surface area contributed by atoms with Crippen LogP contribution >= 0.6 is 0 Å². The molecule has 0 aliphatic carbocycles. The van der Waals surface area contributed by atoms with Gasteiger partial charge in [-0.1, -0.05) is 18.2 Å². The van der Waals surface area contributed by atoms with E-state index >= 15 is 0 Å². The fourth-order valence-corrected chi connectivity index (χ4v) is 1.34. The maximum atomic E-state index is 5.38. The highest BCUT2D eigenvalue weighted by Crippen LogP contribution is 2.00. The molecule has 1 aromatic rings. The van der Waals surface area contributed by atoms with Crippen molar-refractivity contribution in [3.05, 3.63) is 41.7 Å². The predicted octanol–water partition coefficient (Wildman–Crippen LogP) is 2.07. The largest absolute Gasteiger partial charge is 0.376 e. The van der Waals surface area contributed by atoms with Gasteiger partial charge < -0.3 is 10.1 Å². The Morgan fingerprint density at radius 3 is 3.00 bits per heavy atom. The quantitative estimate of drug-likeness (QED) is 0.564. The highest BCUT2D eigenvalue weighted by Gasteiger charge is 1.94. The number of rotatable bonds is 7. The number of ether oxygens (including phenoxy) is 1. The van der Waals surface area contributed by atoms with E-state index < -0.39 is 0 Å². The molecule has 88 valence electrons. The summed E-state index contributed by atoms with van der Waals surface area (Å²) >= 11 is 0. The van der Waals surface area contributed by atoms with E-state index in [2.05, 4.69) is 22.9 Å². The van der Waals surface area contributed by atoms with E-state index in [1.165, 1.54) is 11.1 Å². The molecule has 3 heteroatoms. The van der Waals surface area contributed by atoms with Crippen molar-refractivity contribution >= 4 is 0 Å². The summed E-state index contributed by atoms with van der Waals surface area (Å²) in [7, 11) is 0. The van der Waals surface area contributed by atoms with Gasteiger partial charge in [0.25, 0.3) is 0 Å². The summed E-state index contributed by atoms with van der Waals surface area (Å²) in [6, 6.07) is 2.13. The molecule has 0 saturated carbocycles. The average molecular weight is 220 g/mol. The first-order valence-electron chi connectivity index (χ1n) is 5.52. The Bertz CT molecular complexity index is 336. The second-order valence-electron chi connectivity index (χ2n) is 4.06. The van der Waals surface area contributed by atoms with Gasteiger partial charge in [0.05, 0.1) is 13.2 Å². The van der Waals surface area contributed by atoms with E-state index in [0.29, 0.717) is 13.2 Å². The van der Waals surface area contributed by atoms with Crippen LogP contribution in [-0.4, -0.2) is 24.7 Å². The van der Waals surface area contributed by atoms with Gasteiger partial charge >= 0.3 is 0 Å². The zero-order chi connectivity index (χ0) is 11.8. The van der Waals surface area contributed by atoms with E-state index in [0.717, 1.165) is 18.7 Å². The van der Waals surface area contributed by atoms with Gasteiger partial charge in [-0.25, -0.2) is 0 Å². The summed E-state index contributed by atoms with van der Waals surface area (Å²) < 4.78 is 5.38. The molecule has 0 fully saturated rings. The predicted molar refractivity (Wildman–Crippen MR) is 66.3 cm³/mol. The summed E-state index contributed by atoms with van der Waals surface area (Å²) in [5.41, 5.74) is 3.46. The summed E-state index contributed by atoms with van der Waals surface area (Å²) in [6.07, 6.45) is 3.74. The van der Waals surface area contributed by atoms with E-state index in [9.17, 15) is 0 Å². The lowest BCUT2D eigenvalue weighted by Gasteiger charge is -2.06. The van der Waals surface area contributed by atoms with E-state index in [4.69, 9.17) is 4.74 Å². The molecule has 0 radical (unpaired) electrons. The first-order valence-corrected chi connectivity index (χ1v) is 5.52. The molecule has 0 aromatic carbocycles. The average Bonchev–Trinajstić information content (AvgIpc) is 2.23. The SMILES string of the molecule is C=C(C)COCCNCc1cncc(C)c1. The van der Waals surface area contributed by atoms with Crippen molar-refractivity contribution < 1.29 is 4.74 Å². The van der Waals surface area contributed by atoms with Crippen LogP contribution in [0.1, 0.15) is 18.1 Å². The fourth-order valence-electron chi connectivity index (χ4n) is 1.34. The Labute approximate surface area is 97.5 Å². The van der Waals surface area contributed by atoms with Crippen molar-refractivity contribution in [2.24, 2.45) is 0 Å². The van der Waals surface area contributed by atoms with Crippen LogP contribution in [0.5, 0.6) is 0 Å². The molecule has 0 amide bonds. The van der Waals surface area contributed by atoms with Crippen LogP contribution in [0.2, 0.25) is 0 Å². The lowest BCUT2D eigenvalue weighted by atomic mass is 10.2. The lowest BCUT2D eigenvalue weighted by molar-refractivity contribution is 0.158. The van der Waals surface area contributed by atoms with Crippen molar-refractivity contribution in [2.45, 2.75) is 20.4 Å². The standard InChI is InChI=1S/C13H20N2O/c1-11(2)10-16-5-4-14-8-13-6-12(3)7-15-9-13/h6-7,9,14H,1,4-5,8,10H2,2-3H3. The Balaban J connectivity index is 2.09. The van der Waals surface area contributed by atoms with Gasteiger partial charge in [0.15, 0.2) is 0 Å². The Morgan fingerprint density at radius 1 is 1.50 bits per heavy atom. The minimum Gasteiger partial charge on any atom is -0.376 e. The molecule has 16 heavy (non-hydrogen) atoms. The molecular weight excluding hydrogens is 200 g/mol. The molecule has 0 atom stereocenters. The zero-order valence-electron chi connectivity index (χ0n) is 10.1. The van der Waals surface area contributed by atoms with Gasteiger partial charge in [-0.15, -0.1) is 0 Å². The Hall–Kier alpha value is -1.19. The van der Waals surface area contributed by atoms with Crippen LogP contribution in [-0.2, 0) is 11.3 Å². The third-order valence-corrected chi connectivity index (χ3v) is 2.03.